The van der Waals surface area contributed by atoms with Gasteiger partial charge < -0.3 is 29.2 Å². The van der Waals surface area contributed by atoms with E-state index in [4.69, 9.17) is 30.5 Å². The van der Waals surface area contributed by atoms with Crippen LogP contribution in [-0.2, 0) is 23.8 Å². The number of ether oxygens (including phenoxy) is 4. The summed E-state index contributed by atoms with van der Waals surface area (Å²) in [5, 5.41) is 3.26. The first-order valence-corrected chi connectivity index (χ1v) is 14.4. The zero-order valence-corrected chi connectivity index (χ0v) is 25.6. The fourth-order valence-corrected chi connectivity index (χ4v) is 6.08. The third-order valence-electron chi connectivity index (χ3n) is 7.54. The smallest absolute Gasteiger partial charge is 0.408 e. The Hall–Kier alpha value is -2.52. The zero-order valence-electron chi connectivity index (χ0n) is 24.8. The van der Waals surface area contributed by atoms with E-state index in [1.165, 1.54) is 0 Å². The van der Waals surface area contributed by atoms with Gasteiger partial charge in [-0.15, -0.1) is 0 Å². The van der Waals surface area contributed by atoms with E-state index in [-0.39, 0.29) is 36.4 Å². The highest BCUT2D eigenvalue weighted by atomic mass is 35.5. The number of nitrogens with zero attached hydrogens (tertiary/aromatic N) is 1. The van der Waals surface area contributed by atoms with Crippen molar-refractivity contribution in [3.8, 4) is 5.75 Å². The van der Waals surface area contributed by atoms with E-state index in [9.17, 15) is 14.4 Å². The average Bonchev–Trinajstić information content (AvgIpc) is 2.80. The minimum Gasteiger partial charge on any atom is -0.487 e. The molecule has 0 saturated carbocycles. The van der Waals surface area contributed by atoms with Crippen molar-refractivity contribution in [2.75, 3.05) is 13.1 Å². The molecule has 1 aromatic rings. The number of carbonyl (C=O) groups excluding carboxylic acids is 3. The quantitative estimate of drug-likeness (QED) is 0.475. The van der Waals surface area contributed by atoms with Crippen molar-refractivity contribution in [3.63, 3.8) is 0 Å². The van der Waals surface area contributed by atoms with Crippen molar-refractivity contribution in [2.24, 2.45) is 11.8 Å². The maximum atomic E-state index is 13.8. The van der Waals surface area contributed by atoms with E-state index in [1.54, 1.807) is 46.4 Å². The van der Waals surface area contributed by atoms with Crippen molar-refractivity contribution in [3.05, 3.63) is 28.8 Å². The van der Waals surface area contributed by atoms with Gasteiger partial charge in [-0.25, -0.2) is 4.79 Å². The molecule has 0 bridgehead atoms. The number of hydrogen-bond donors (Lipinski definition) is 1. The summed E-state index contributed by atoms with van der Waals surface area (Å²) >= 11 is 6.32. The highest BCUT2D eigenvalue weighted by molar-refractivity contribution is 6.30. The summed E-state index contributed by atoms with van der Waals surface area (Å²) in [4.78, 5) is 40.8. The molecule has 1 aromatic carbocycles. The Bertz CT molecular complexity index is 1110. The van der Waals surface area contributed by atoms with Gasteiger partial charge in [-0.3, -0.25) is 9.59 Å². The summed E-state index contributed by atoms with van der Waals surface area (Å²) in [6, 6.07) is 4.54. The van der Waals surface area contributed by atoms with E-state index < -0.39 is 34.9 Å². The molecule has 0 aromatic heterocycles. The third-order valence-corrected chi connectivity index (χ3v) is 7.78. The second-order valence-electron chi connectivity index (χ2n) is 13.6. The largest absolute Gasteiger partial charge is 0.487 e. The SMILES string of the molecule is CC(C)(C)OC(=O)C[C@H](NC(=O)OC(C)(C)C)C(=O)N1CC[C@@H]2O[C@@H]3c4cc(Cl)ccc4OC(C)(C)[C@H]3C[C@@H]2C1. The summed E-state index contributed by atoms with van der Waals surface area (Å²) < 4.78 is 23.9. The Kier molecular flexibility index (Phi) is 8.41. The van der Waals surface area contributed by atoms with Crippen LogP contribution in [0.1, 0.15) is 86.3 Å². The molecule has 3 aliphatic heterocycles. The van der Waals surface area contributed by atoms with Crippen LogP contribution in [0.25, 0.3) is 0 Å². The number of nitrogens with one attached hydrogen (secondary N) is 1. The fourth-order valence-electron chi connectivity index (χ4n) is 5.90. The molecule has 4 rings (SSSR count). The fraction of sp³-hybridized carbons (Fsp3) is 0.700. The lowest BCUT2D eigenvalue weighted by Gasteiger charge is -2.53. The number of benzene rings is 1. The van der Waals surface area contributed by atoms with Gasteiger partial charge in [0.2, 0.25) is 5.91 Å². The summed E-state index contributed by atoms with van der Waals surface area (Å²) in [6.07, 6.45) is 0.214. The van der Waals surface area contributed by atoms with Crippen molar-refractivity contribution in [1.29, 1.82) is 0 Å². The second kappa shape index (κ2) is 11.0. The molecule has 0 spiro atoms. The monoisotopic (exact) mass is 578 g/mol. The average molecular weight is 579 g/mol. The van der Waals surface area contributed by atoms with Crippen LogP contribution in [0.5, 0.6) is 5.75 Å². The van der Waals surface area contributed by atoms with Crippen molar-refractivity contribution in [2.45, 2.75) is 110 Å². The number of alkyl carbamates (subject to hydrolysis) is 1. The topological polar surface area (TPSA) is 103 Å². The van der Waals surface area contributed by atoms with Crippen LogP contribution < -0.4 is 10.1 Å². The highest BCUT2D eigenvalue weighted by Gasteiger charge is 2.52. The van der Waals surface area contributed by atoms with Gasteiger partial charge >= 0.3 is 12.1 Å². The normalized spacial score (nSPS) is 26.3. The van der Waals surface area contributed by atoms with Crippen molar-refractivity contribution < 1.29 is 33.3 Å². The molecular weight excluding hydrogens is 536 g/mol. The van der Waals surface area contributed by atoms with Gasteiger partial charge in [0.25, 0.3) is 0 Å². The lowest BCUT2D eigenvalue weighted by molar-refractivity contribution is -0.189. The van der Waals surface area contributed by atoms with Crippen LogP contribution >= 0.6 is 11.6 Å². The molecule has 2 saturated heterocycles. The van der Waals surface area contributed by atoms with E-state index in [2.05, 4.69) is 19.2 Å². The van der Waals surface area contributed by atoms with Crippen molar-refractivity contribution >= 4 is 29.6 Å². The lowest BCUT2D eigenvalue weighted by Crippen LogP contribution is -2.58. The molecule has 0 unspecified atom stereocenters. The highest BCUT2D eigenvalue weighted by Crippen LogP contribution is 2.53. The van der Waals surface area contributed by atoms with E-state index in [0.29, 0.717) is 24.5 Å². The Labute approximate surface area is 242 Å². The zero-order chi connectivity index (χ0) is 29.6. The molecular formula is C30H43ClN2O7. The number of likely N-dealkylation sites (tertiary alicyclic amines) is 1. The Morgan fingerprint density at radius 1 is 1.12 bits per heavy atom. The molecule has 10 heteroatoms. The standard InChI is InChI=1S/C30H43ClN2O7/c1-28(2,3)39-24(34)15-21(32-27(36)40-29(4,5)6)26(35)33-12-11-22-17(16-33)13-20-25(37-22)19-14-18(31)9-10-23(19)38-30(20,7)8/h9-10,14,17,20-22,25H,11-13,15-16H2,1-8H3,(H,32,36)/t17-,20+,21+,22+,25-/m1/s1. The number of halogens is 1. The minimum atomic E-state index is -1.11. The van der Waals surface area contributed by atoms with Gasteiger partial charge in [-0.2, -0.15) is 0 Å². The minimum absolute atomic E-state index is 0.0332. The number of piperidine rings is 1. The summed E-state index contributed by atoms with van der Waals surface area (Å²) in [6.45, 7) is 15.5. The van der Waals surface area contributed by atoms with Gasteiger partial charge in [-0.05, 0) is 86.4 Å². The number of amides is 2. The molecule has 40 heavy (non-hydrogen) atoms. The van der Waals surface area contributed by atoms with Crippen LogP contribution in [0.15, 0.2) is 18.2 Å². The second-order valence-corrected chi connectivity index (χ2v) is 14.1. The lowest BCUT2D eigenvalue weighted by atomic mass is 9.70. The molecule has 5 atom stereocenters. The Balaban J connectivity index is 1.49. The number of rotatable bonds is 4. The molecule has 2 fully saturated rings. The maximum absolute atomic E-state index is 13.8. The Morgan fingerprint density at radius 2 is 1.80 bits per heavy atom. The van der Waals surface area contributed by atoms with Crippen LogP contribution in [-0.4, -0.2) is 64.9 Å². The van der Waals surface area contributed by atoms with E-state index >= 15 is 0 Å². The molecule has 1 N–H and O–H groups in total. The van der Waals surface area contributed by atoms with Gasteiger partial charge in [-0.1, -0.05) is 11.6 Å². The van der Waals surface area contributed by atoms with Crippen LogP contribution in [0.2, 0.25) is 5.02 Å². The summed E-state index contributed by atoms with van der Waals surface area (Å²) in [5.41, 5.74) is -0.980. The van der Waals surface area contributed by atoms with Crippen LogP contribution in [0, 0.1) is 11.8 Å². The van der Waals surface area contributed by atoms with Crippen LogP contribution in [0.3, 0.4) is 0 Å². The number of hydrogen-bond acceptors (Lipinski definition) is 7. The van der Waals surface area contributed by atoms with Gasteiger partial charge in [0.1, 0.15) is 28.6 Å². The summed E-state index contributed by atoms with van der Waals surface area (Å²) in [7, 11) is 0. The summed E-state index contributed by atoms with van der Waals surface area (Å²) in [5.74, 6) is 0.0195. The predicted octanol–water partition coefficient (Wildman–Crippen LogP) is 5.43. The predicted molar refractivity (Wildman–Crippen MR) is 150 cm³/mol. The first kappa shape index (κ1) is 30.4. The molecule has 3 aliphatic rings. The van der Waals surface area contributed by atoms with Gasteiger partial charge in [0.05, 0.1) is 18.6 Å². The number of fused-ring (bicyclic) bond motifs is 4. The van der Waals surface area contributed by atoms with Crippen LogP contribution in [0.4, 0.5) is 4.79 Å². The number of carbonyl (C=O) groups is 3. The Morgan fingerprint density at radius 3 is 2.45 bits per heavy atom. The van der Waals surface area contributed by atoms with E-state index in [1.807, 2.05) is 18.2 Å². The van der Waals surface area contributed by atoms with Crippen molar-refractivity contribution in [1.82, 2.24) is 10.2 Å². The van der Waals surface area contributed by atoms with Gasteiger partial charge in [0.15, 0.2) is 0 Å². The van der Waals surface area contributed by atoms with E-state index in [0.717, 1.165) is 17.7 Å². The third kappa shape index (κ3) is 7.21. The first-order valence-electron chi connectivity index (χ1n) is 14.1. The number of esters is 1. The molecule has 3 heterocycles. The maximum Gasteiger partial charge on any atom is 0.408 e. The first-order chi connectivity index (χ1) is 18.4. The molecule has 0 aliphatic carbocycles. The molecule has 2 amide bonds. The van der Waals surface area contributed by atoms with Gasteiger partial charge in [0, 0.05) is 35.5 Å². The molecule has 9 nitrogen and oxygen atoms in total. The molecule has 222 valence electrons. The molecule has 0 radical (unpaired) electrons.